The minimum absolute atomic E-state index is 0.418. The van der Waals surface area contributed by atoms with E-state index in [1.54, 1.807) is 18.2 Å². The molecular formula is C7H6N2O2. The van der Waals surface area contributed by atoms with Crippen molar-refractivity contribution in [2.75, 3.05) is 5.73 Å². The summed E-state index contributed by atoms with van der Waals surface area (Å²) in [6.07, 6.45) is 0. The molecule has 56 valence electrons. The van der Waals surface area contributed by atoms with Gasteiger partial charge in [0.2, 0.25) is 0 Å². The molecule has 0 amide bonds. The first-order valence-electron chi connectivity index (χ1n) is 3.15. The van der Waals surface area contributed by atoms with Gasteiger partial charge in [0.25, 0.3) is 0 Å². The van der Waals surface area contributed by atoms with Crippen LogP contribution < -0.4 is 11.4 Å². The molecule has 0 unspecified atom stereocenters. The highest BCUT2D eigenvalue weighted by molar-refractivity contribution is 5.88. The van der Waals surface area contributed by atoms with Crippen LogP contribution in [0.25, 0.3) is 10.9 Å². The average molecular weight is 150 g/mol. The fraction of sp³-hybridized carbons (Fsp3) is 0. The van der Waals surface area contributed by atoms with Gasteiger partial charge in [-0.05, 0) is 12.1 Å². The van der Waals surface area contributed by atoms with Crippen molar-refractivity contribution in [2.45, 2.75) is 0 Å². The number of benzene rings is 1. The number of H-pyrrole nitrogens is 1. The van der Waals surface area contributed by atoms with Gasteiger partial charge in [-0.2, -0.15) is 0 Å². The molecule has 0 aliphatic rings. The second kappa shape index (κ2) is 1.88. The Labute approximate surface area is 61.6 Å². The van der Waals surface area contributed by atoms with Gasteiger partial charge in [-0.1, -0.05) is 6.07 Å². The van der Waals surface area contributed by atoms with E-state index in [0.29, 0.717) is 16.6 Å². The predicted octanol–water partition coefficient (Wildman–Crippen LogP) is 0.703. The molecule has 11 heavy (non-hydrogen) atoms. The van der Waals surface area contributed by atoms with Crippen LogP contribution in [0.3, 0.4) is 0 Å². The molecule has 2 aromatic rings. The van der Waals surface area contributed by atoms with E-state index in [4.69, 9.17) is 5.73 Å². The zero-order chi connectivity index (χ0) is 7.84. The number of rotatable bonds is 0. The van der Waals surface area contributed by atoms with Crippen LogP contribution in [0.5, 0.6) is 0 Å². The number of nitrogens with two attached hydrogens (primary N) is 1. The fourth-order valence-corrected chi connectivity index (χ4v) is 1.04. The predicted molar refractivity (Wildman–Crippen MR) is 41.2 cm³/mol. The number of hydrogen-bond donors (Lipinski definition) is 2. The Morgan fingerprint density at radius 1 is 1.45 bits per heavy atom. The molecule has 0 saturated heterocycles. The Kier molecular flexibility index (Phi) is 1.03. The van der Waals surface area contributed by atoms with Gasteiger partial charge in [-0.25, -0.2) is 9.95 Å². The molecule has 0 aliphatic carbocycles. The summed E-state index contributed by atoms with van der Waals surface area (Å²) in [5.41, 5.74) is 6.18. The molecule has 1 aromatic carbocycles. The van der Waals surface area contributed by atoms with Crippen LogP contribution in [0.4, 0.5) is 5.69 Å². The van der Waals surface area contributed by atoms with E-state index >= 15 is 0 Å². The highest BCUT2D eigenvalue weighted by Crippen LogP contribution is 2.13. The molecule has 3 N–H and O–H groups in total. The summed E-state index contributed by atoms with van der Waals surface area (Å²) in [5, 5.41) is 2.88. The van der Waals surface area contributed by atoms with E-state index in [-0.39, 0.29) is 0 Å². The lowest BCUT2D eigenvalue weighted by Gasteiger charge is -1.89. The maximum Gasteiger partial charge on any atom is 0.367 e. The summed E-state index contributed by atoms with van der Waals surface area (Å²) >= 11 is 0. The summed E-state index contributed by atoms with van der Waals surface area (Å²) in [4.78, 5) is 10.9. The van der Waals surface area contributed by atoms with Gasteiger partial charge in [0.05, 0.1) is 5.52 Å². The molecule has 1 heterocycles. The van der Waals surface area contributed by atoms with E-state index in [9.17, 15) is 4.79 Å². The zero-order valence-electron chi connectivity index (χ0n) is 5.63. The van der Waals surface area contributed by atoms with Crippen LogP contribution in [0, 0.1) is 0 Å². The lowest BCUT2D eigenvalue weighted by atomic mass is 10.2. The van der Waals surface area contributed by atoms with Crippen molar-refractivity contribution >= 4 is 16.6 Å². The number of aromatic nitrogens is 1. The summed E-state index contributed by atoms with van der Waals surface area (Å²) in [6, 6.07) is 5.15. The van der Waals surface area contributed by atoms with Crippen molar-refractivity contribution < 1.29 is 4.52 Å². The third-order valence-corrected chi connectivity index (χ3v) is 1.55. The van der Waals surface area contributed by atoms with Gasteiger partial charge in [-0.3, -0.25) is 0 Å². The molecule has 0 aliphatic heterocycles. The molecule has 0 fully saturated rings. The minimum atomic E-state index is -0.418. The lowest BCUT2D eigenvalue weighted by molar-refractivity contribution is 0.400. The summed E-state index contributed by atoms with van der Waals surface area (Å²) < 4.78 is 4.54. The molecule has 4 heteroatoms. The van der Waals surface area contributed by atoms with Crippen LogP contribution in [0.2, 0.25) is 0 Å². The maximum atomic E-state index is 10.9. The molecule has 2 rings (SSSR count). The average Bonchev–Trinajstić information content (AvgIpc) is 2.34. The number of aromatic amines is 1. The number of nitrogen functional groups attached to an aromatic ring is 1. The van der Waals surface area contributed by atoms with Gasteiger partial charge < -0.3 is 10.3 Å². The normalized spacial score (nSPS) is 10.5. The third kappa shape index (κ3) is 0.724. The van der Waals surface area contributed by atoms with Crippen LogP contribution in [0.1, 0.15) is 0 Å². The van der Waals surface area contributed by atoms with Gasteiger partial charge in [0.1, 0.15) is 5.39 Å². The van der Waals surface area contributed by atoms with Crippen LogP contribution in [-0.4, -0.2) is 5.16 Å². The van der Waals surface area contributed by atoms with E-state index in [1.807, 2.05) is 0 Å². The second-order valence-electron chi connectivity index (χ2n) is 2.26. The molecule has 0 bridgehead atoms. The third-order valence-electron chi connectivity index (χ3n) is 1.55. The SMILES string of the molecule is Nc1cccc2[nH]oc(=O)c12. The topological polar surface area (TPSA) is 72.0 Å². The van der Waals surface area contributed by atoms with Crippen LogP contribution >= 0.6 is 0 Å². The lowest BCUT2D eigenvalue weighted by Crippen LogP contribution is -1.95. The minimum Gasteiger partial charge on any atom is -0.398 e. The van der Waals surface area contributed by atoms with Crippen LogP contribution in [-0.2, 0) is 0 Å². The largest absolute Gasteiger partial charge is 0.398 e. The molecule has 0 saturated carbocycles. The van der Waals surface area contributed by atoms with E-state index in [1.165, 1.54) is 0 Å². The zero-order valence-corrected chi connectivity index (χ0v) is 5.63. The number of fused-ring (bicyclic) bond motifs is 1. The molecule has 0 radical (unpaired) electrons. The Balaban J connectivity index is 3.08. The smallest absolute Gasteiger partial charge is 0.367 e. The Bertz CT molecular complexity index is 441. The molecular weight excluding hydrogens is 144 g/mol. The van der Waals surface area contributed by atoms with E-state index in [0.717, 1.165) is 0 Å². The Hall–Kier alpha value is -1.71. The van der Waals surface area contributed by atoms with Gasteiger partial charge in [-0.15, -0.1) is 0 Å². The number of anilines is 1. The standard InChI is InChI=1S/C7H6N2O2/c8-4-2-1-3-5-6(4)7(10)11-9-5/h1-3,9H,8H2. The fourth-order valence-electron chi connectivity index (χ4n) is 1.04. The second-order valence-corrected chi connectivity index (χ2v) is 2.26. The molecule has 4 nitrogen and oxygen atoms in total. The molecule has 0 atom stereocenters. The van der Waals surface area contributed by atoms with E-state index < -0.39 is 5.63 Å². The maximum absolute atomic E-state index is 10.9. The van der Waals surface area contributed by atoms with Crippen molar-refractivity contribution in [2.24, 2.45) is 0 Å². The first kappa shape index (κ1) is 6.03. The van der Waals surface area contributed by atoms with Crippen molar-refractivity contribution in [3.05, 3.63) is 28.6 Å². The number of nitrogens with one attached hydrogen (secondary N) is 1. The van der Waals surface area contributed by atoms with Gasteiger partial charge in [0.15, 0.2) is 0 Å². The van der Waals surface area contributed by atoms with Gasteiger partial charge >= 0.3 is 5.63 Å². The van der Waals surface area contributed by atoms with Gasteiger partial charge in [0, 0.05) is 5.69 Å². The Morgan fingerprint density at radius 2 is 2.27 bits per heavy atom. The first-order chi connectivity index (χ1) is 5.29. The highest BCUT2D eigenvalue weighted by atomic mass is 16.5. The van der Waals surface area contributed by atoms with Crippen molar-refractivity contribution in [1.29, 1.82) is 0 Å². The molecule has 1 aromatic heterocycles. The summed E-state index contributed by atoms with van der Waals surface area (Å²) in [7, 11) is 0. The summed E-state index contributed by atoms with van der Waals surface area (Å²) in [5.74, 6) is 0. The highest BCUT2D eigenvalue weighted by Gasteiger charge is 2.04. The number of hydrogen-bond acceptors (Lipinski definition) is 3. The first-order valence-corrected chi connectivity index (χ1v) is 3.15. The van der Waals surface area contributed by atoms with Crippen molar-refractivity contribution in [1.82, 2.24) is 5.16 Å². The summed E-state index contributed by atoms with van der Waals surface area (Å²) in [6.45, 7) is 0. The monoisotopic (exact) mass is 150 g/mol. The van der Waals surface area contributed by atoms with E-state index in [2.05, 4.69) is 9.68 Å². The Morgan fingerprint density at radius 3 is 3.00 bits per heavy atom. The van der Waals surface area contributed by atoms with Crippen LogP contribution in [0.15, 0.2) is 27.5 Å². The quantitative estimate of drug-likeness (QED) is 0.543. The molecule has 0 spiro atoms. The van der Waals surface area contributed by atoms with Crippen molar-refractivity contribution in [3.63, 3.8) is 0 Å². The van der Waals surface area contributed by atoms with Crippen molar-refractivity contribution in [3.8, 4) is 0 Å².